The van der Waals surface area contributed by atoms with Crippen LogP contribution in [0.2, 0.25) is 0 Å². The molecule has 2 aromatic rings. The standard InChI is InChI=1S/C17H20N2O3S/c1-11-10-13(12-6-4-5-7-14(12)18-11)16(20)19-15(8-9-23-3)17(21)22-2/h4-7,10,15H,8-9H2,1-3H3,(H,19,20)/t15-/m1/s1. The van der Waals surface area contributed by atoms with Crippen LogP contribution < -0.4 is 5.32 Å². The normalized spacial score (nSPS) is 12.0. The molecular weight excluding hydrogens is 312 g/mol. The average Bonchev–Trinajstić information content (AvgIpc) is 2.56. The molecule has 0 bridgehead atoms. The molecule has 0 spiro atoms. The van der Waals surface area contributed by atoms with Crippen LogP contribution in [-0.4, -0.2) is 42.0 Å². The van der Waals surface area contributed by atoms with Crippen LogP contribution in [0.3, 0.4) is 0 Å². The van der Waals surface area contributed by atoms with Crippen molar-refractivity contribution in [3.63, 3.8) is 0 Å². The first-order valence-corrected chi connectivity index (χ1v) is 8.70. The van der Waals surface area contributed by atoms with Gasteiger partial charge in [-0.2, -0.15) is 11.8 Å². The van der Waals surface area contributed by atoms with E-state index in [-0.39, 0.29) is 5.91 Å². The molecule has 5 nitrogen and oxygen atoms in total. The first-order chi connectivity index (χ1) is 11.1. The summed E-state index contributed by atoms with van der Waals surface area (Å²) in [4.78, 5) is 28.9. The van der Waals surface area contributed by atoms with Crippen molar-refractivity contribution in [1.82, 2.24) is 10.3 Å². The number of ether oxygens (including phenoxy) is 1. The third kappa shape index (κ3) is 4.22. The van der Waals surface area contributed by atoms with Crippen LogP contribution in [-0.2, 0) is 9.53 Å². The Hall–Kier alpha value is -2.08. The van der Waals surface area contributed by atoms with E-state index < -0.39 is 12.0 Å². The van der Waals surface area contributed by atoms with E-state index in [2.05, 4.69) is 10.3 Å². The minimum absolute atomic E-state index is 0.289. The maximum atomic E-state index is 12.7. The molecule has 23 heavy (non-hydrogen) atoms. The van der Waals surface area contributed by atoms with Gasteiger partial charge in [0.15, 0.2) is 0 Å². The van der Waals surface area contributed by atoms with E-state index in [1.807, 2.05) is 37.4 Å². The summed E-state index contributed by atoms with van der Waals surface area (Å²) in [7, 11) is 1.33. The fourth-order valence-corrected chi connectivity index (χ4v) is 2.83. The van der Waals surface area contributed by atoms with Gasteiger partial charge in [0.2, 0.25) is 0 Å². The van der Waals surface area contributed by atoms with Gasteiger partial charge in [-0.1, -0.05) is 18.2 Å². The summed E-state index contributed by atoms with van der Waals surface area (Å²) < 4.78 is 4.78. The van der Waals surface area contributed by atoms with E-state index in [9.17, 15) is 9.59 Å². The number of nitrogens with zero attached hydrogens (tertiary/aromatic N) is 1. The molecule has 0 saturated heterocycles. The summed E-state index contributed by atoms with van der Waals surface area (Å²) in [5.74, 6) is 0.0431. The largest absolute Gasteiger partial charge is 0.467 e. The van der Waals surface area contributed by atoms with E-state index in [0.29, 0.717) is 12.0 Å². The number of carbonyl (C=O) groups excluding carboxylic acids is 2. The first-order valence-electron chi connectivity index (χ1n) is 7.31. The number of aryl methyl sites for hydroxylation is 1. The zero-order valence-electron chi connectivity index (χ0n) is 13.5. The number of thioether (sulfide) groups is 1. The average molecular weight is 332 g/mol. The predicted octanol–water partition coefficient (Wildman–Crippen LogP) is 2.57. The Labute approximate surface area is 139 Å². The molecule has 0 aliphatic heterocycles. The summed E-state index contributed by atoms with van der Waals surface area (Å²) in [6.45, 7) is 1.84. The predicted molar refractivity (Wildman–Crippen MR) is 92.7 cm³/mol. The molecule has 1 heterocycles. The Balaban J connectivity index is 2.30. The lowest BCUT2D eigenvalue weighted by molar-refractivity contribution is -0.142. The molecule has 0 unspecified atom stereocenters. The van der Waals surface area contributed by atoms with Crippen molar-refractivity contribution in [2.75, 3.05) is 19.1 Å². The number of carbonyl (C=O) groups is 2. The minimum Gasteiger partial charge on any atom is -0.467 e. The third-order valence-electron chi connectivity index (χ3n) is 3.49. The molecule has 1 N–H and O–H groups in total. The third-order valence-corrected chi connectivity index (χ3v) is 4.13. The summed E-state index contributed by atoms with van der Waals surface area (Å²) in [6.07, 6.45) is 2.48. The highest BCUT2D eigenvalue weighted by Crippen LogP contribution is 2.18. The van der Waals surface area contributed by atoms with Gasteiger partial charge in [-0.3, -0.25) is 9.78 Å². The zero-order valence-corrected chi connectivity index (χ0v) is 14.3. The molecule has 1 aromatic heterocycles. The van der Waals surface area contributed by atoms with E-state index in [1.165, 1.54) is 7.11 Å². The van der Waals surface area contributed by atoms with E-state index in [1.54, 1.807) is 17.8 Å². The number of benzene rings is 1. The number of fused-ring (bicyclic) bond motifs is 1. The fourth-order valence-electron chi connectivity index (χ4n) is 2.36. The number of aromatic nitrogens is 1. The monoisotopic (exact) mass is 332 g/mol. The van der Waals surface area contributed by atoms with Crippen LogP contribution >= 0.6 is 11.8 Å². The van der Waals surface area contributed by atoms with Crippen LogP contribution in [0.15, 0.2) is 30.3 Å². The fraction of sp³-hybridized carbons (Fsp3) is 0.353. The van der Waals surface area contributed by atoms with Crippen molar-refractivity contribution < 1.29 is 14.3 Å². The van der Waals surface area contributed by atoms with Crippen molar-refractivity contribution in [2.24, 2.45) is 0 Å². The van der Waals surface area contributed by atoms with Gasteiger partial charge in [0.05, 0.1) is 18.2 Å². The van der Waals surface area contributed by atoms with Crippen LogP contribution in [0.25, 0.3) is 10.9 Å². The van der Waals surface area contributed by atoms with Crippen LogP contribution in [0.1, 0.15) is 22.5 Å². The molecule has 0 fully saturated rings. The van der Waals surface area contributed by atoms with Crippen LogP contribution in [0.5, 0.6) is 0 Å². The second kappa shape index (κ2) is 7.97. The van der Waals surface area contributed by atoms with Gasteiger partial charge in [-0.25, -0.2) is 4.79 Å². The summed E-state index contributed by atoms with van der Waals surface area (Å²) in [5, 5.41) is 3.55. The number of pyridine rings is 1. The highest BCUT2D eigenvalue weighted by atomic mass is 32.2. The van der Waals surface area contributed by atoms with Crippen LogP contribution in [0, 0.1) is 6.92 Å². The lowest BCUT2D eigenvalue weighted by atomic mass is 10.1. The summed E-state index contributed by atoms with van der Waals surface area (Å²) >= 11 is 1.62. The molecular formula is C17H20N2O3S. The Morgan fingerprint density at radius 3 is 2.78 bits per heavy atom. The molecule has 1 aromatic carbocycles. The van der Waals surface area contributed by atoms with Gasteiger partial charge in [0.25, 0.3) is 5.91 Å². The Bertz CT molecular complexity index is 718. The maximum Gasteiger partial charge on any atom is 0.328 e. The molecule has 0 aliphatic rings. The summed E-state index contributed by atoms with van der Waals surface area (Å²) in [6, 6.07) is 8.55. The number of nitrogens with one attached hydrogen (secondary N) is 1. The van der Waals surface area contributed by atoms with Gasteiger partial charge in [-0.05, 0) is 37.5 Å². The lowest BCUT2D eigenvalue weighted by Crippen LogP contribution is -2.42. The van der Waals surface area contributed by atoms with E-state index in [0.717, 1.165) is 22.3 Å². The van der Waals surface area contributed by atoms with Crippen LogP contribution in [0.4, 0.5) is 0 Å². The Kier molecular flexibility index (Phi) is 5.98. The number of rotatable bonds is 6. The molecule has 0 saturated carbocycles. The maximum absolute atomic E-state index is 12.7. The SMILES string of the molecule is COC(=O)[C@@H](CCSC)NC(=O)c1cc(C)nc2ccccc12. The second-order valence-electron chi connectivity index (χ2n) is 5.16. The van der Waals surface area contributed by atoms with Crippen molar-refractivity contribution in [2.45, 2.75) is 19.4 Å². The van der Waals surface area contributed by atoms with E-state index in [4.69, 9.17) is 4.74 Å². The molecule has 2 rings (SSSR count). The molecule has 1 amide bonds. The van der Waals surface area contributed by atoms with Gasteiger partial charge in [0.1, 0.15) is 6.04 Å². The minimum atomic E-state index is -0.646. The van der Waals surface area contributed by atoms with Crippen molar-refractivity contribution in [3.05, 3.63) is 41.6 Å². The molecule has 6 heteroatoms. The Morgan fingerprint density at radius 2 is 2.09 bits per heavy atom. The first kappa shape index (κ1) is 17.3. The molecule has 0 radical (unpaired) electrons. The zero-order chi connectivity index (χ0) is 16.8. The smallest absolute Gasteiger partial charge is 0.328 e. The van der Waals surface area contributed by atoms with Crippen molar-refractivity contribution in [3.8, 4) is 0 Å². The molecule has 1 atom stereocenters. The van der Waals surface area contributed by atoms with Crippen molar-refractivity contribution in [1.29, 1.82) is 0 Å². The number of amides is 1. The quantitative estimate of drug-likeness (QED) is 0.824. The molecule has 122 valence electrons. The van der Waals surface area contributed by atoms with Gasteiger partial charge in [0, 0.05) is 11.1 Å². The van der Waals surface area contributed by atoms with E-state index >= 15 is 0 Å². The van der Waals surface area contributed by atoms with Gasteiger partial charge < -0.3 is 10.1 Å². The number of para-hydroxylation sites is 1. The van der Waals surface area contributed by atoms with Gasteiger partial charge in [-0.15, -0.1) is 0 Å². The number of hydrogen-bond donors (Lipinski definition) is 1. The number of hydrogen-bond acceptors (Lipinski definition) is 5. The highest BCUT2D eigenvalue weighted by molar-refractivity contribution is 7.98. The summed E-state index contributed by atoms with van der Waals surface area (Å²) in [5.41, 5.74) is 2.04. The van der Waals surface area contributed by atoms with Crippen molar-refractivity contribution >= 4 is 34.5 Å². The number of esters is 1. The lowest BCUT2D eigenvalue weighted by Gasteiger charge is -2.17. The second-order valence-corrected chi connectivity index (χ2v) is 6.14. The number of methoxy groups -OCH3 is 1. The topological polar surface area (TPSA) is 68.3 Å². The molecule has 0 aliphatic carbocycles. The highest BCUT2D eigenvalue weighted by Gasteiger charge is 2.22. The Morgan fingerprint density at radius 1 is 1.35 bits per heavy atom. The van der Waals surface area contributed by atoms with Gasteiger partial charge >= 0.3 is 5.97 Å².